The molecule has 0 saturated heterocycles. The van der Waals surface area contributed by atoms with Gasteiger partial charge in [-0.2, -0.15) is 0 Å². The second kappa shape index (κ2) is 6.92. The highest BCUT2D eigenvalue weighted by Gasteiger charge is 2.07. The maximum absolute atomic E-state index is 3.49. The number of para-hydroxylation sites is 2. The quantitative estimate of drug-likeness (QED) is 0.552. The molecule has 0 aliphatic rings. The van der Waals surface area contributed by atoms with Crippen LogP contribution in [0, 0.1) is 0 Å². The zero-order valence-corrected chi connectivity index (χ0v) is 12.6. The third-order valence-corrected chi connectivity index (χ3v) is 4.23. The zero-order valence-electron chi connectivity index (χ0n) is 11.6. The third-order valence-electron chi connectivity index (χ3n) is 3.04. The number of nitrogens with one attached hydrogen (secondary N) is 1. The van der Waals surface area contributed by atoms with Gasteiger partial charge < -0.3 is 0 Å². The van der Waals surface area contributed by atoms with E-state index in [9.17, 15) is 0 Å². The van der Waals surface area contributed by atoms with E-state index in [0.717, 1.165) is 11.4 Å². The van der Waals surface area contributed by atoms with Crippen LogP contribution < -0.4 is 15.5 Å². The van der Waals surface area contributed by atoms with Crippen LogP contribution in [0.25, 0.3) is 0 Å². The van der Waals surface area contributed by atoms with Gasteiger partial charge in [-0.15, -0.1) is 0 Å². The van der Waals surface area contributed by atoms with Crippen molar-refractivity contribution >= 4 is 25.4 Å². The van der Waals surface area contributed by atoms with Crippen LogP contribution in [0.2, 0.25) is 0 Å². The van der Waals surface area contributed by atoms with Crippen molar-refractivity contribution in [1.29, 1.82) is 0 Å². The van der Waals surface area contributed by atoms with Gasteiger partial charge in [0.25, 0.3) is 0 Å². The van der Waals surface area contributed by atoms with Crippen molar-refractivity contribution in [2.45, 2.75) is 0 Å². The van der Waals surface area contributed by atoms with Crippen molar-refractivity contribution in [2.24, 2.45) is 0 Å². The van der Waals surface area contributed by atoms with E-state index in [4.69, 9.17) is 0 Å². The summed E-state index contributed by atoms with van der Waals surface area (Å²) in [6, 6.07) is 31.2. The van der Waals surface area contributed by atoms with Gasteiger partial charge in [0, 0.05) is 8.73 Å². The molecule has 0 spiro atoms. The van der Waals surface area contributed by atoms with E-state index >= 15 is 0 Å². The molecular formula is C18H17N2P. The summed E-state index contributed by atoms with van der Waals surface area (Å²) in [6.45, 7) is 0. The fourth-order valence-corrected chi connectivity index (χ4v) is 3.08. The molecule has 0 amide bonds. The normalized spacial score (nSPS) is 10.7. The highest BCUT2D eigenvalue weighted by molar-refractivity contribution is 7.49. The van der Waals surface area contributed by atoms with Crippen molar-refractivity contribution in [3.8, 4) is 0 Å². The van der Waals surface area contributed by atoms with Crippen LogP contribution in [0.1, 0.15) is 0 Å². The second-order valence-corrected chi connectivity index (χ2v) is 5.87. The van der Waals surface area contributed by atoms with E-state index in [1.54, 1.807) is 0 Å². The van der Waals surface area contributed by atoms with E-state index < -0.39 is 0 Å². The molecule has 0 fully saturated rings. The smallest absolute Gasteiger partial charge is 0.0613 e. The van der Waals surface area contributed by atoms with Crippen LogP contribution in [-0.2, 0) is 0 Å². The first-order valence-electron chi connectivity index (χ1n) is 6.90. The van der Waals surface area contributed by atoms with Gasteiger partial charge in [0.15, 0.2) is 0 Å². The van der Waals surface area contributed by atoms with E-state index in [0.29, 0.717) is 8.73 Å². The lowest BCUT2D eigenvalue weighted by atomic mass is 10.3. The summed E-state index contributed by atoms with van der Waals surface area (Å²) in [4.78, 5) is 0. The first-order valence-corrected chi connectivity index (χ1v) is 7.85. The third kappa shape index (κ3) is 3.84. The Morgan fingerprint density at radius 3 is 1.76 bits per heavy atom. The minimum atomic E-state index is 0.521. The van der Waals surface area contributed by atoms with Crippen molar-refractivity contribution in [2.75, 3.05) is 10.2 Å². The molecule has 3 aromatic rings. The average Bonchev–Trinajstić information content (AvgIpc) is 2.57. The Bertz CT molecular complexity index is 615. The van der Waals surface area contributed by atoms with Crippen LogP contribution in [-0.4, -0.2) is 0 Å². The number of benzene rings is 3. The number of hydrazine groups is 1. The molecule has 0 bridgehead atoms. The molecule has 0 aliphatic carbocycles. The predicted molar refractivity (Wildman–Crippen MR) is 93.4 cm³/mol. The Morgan fingerprint density at radius 1 is 0.619 bits per heavy atom. The van der Waals surface area contributed by atoms with E-state index in [1.165, 1.54) is 5.30 Å². The van der Waals surface area contributed by atoms with Crippen LogP contribution in [0.4, 0.5) is 11.4 Å². The molecule has 21 heavy (non-hydrogen) atoms. The molecule has 3 rings (SSSR count). The molecule has 0 aliphatic heterocycles. The number of hydrogen-bond donors (Lipinski definition) is 1. The van der Waals surface area contributed by atoms with Gasteiger partial charge in [0.05, 0.1) is 11.4 Å². The highest BCUT2D eigenvalue weighted by atomic mass is 31.1. The van der Waals surface area contributed by atoms with Gasteiger partial charge in [0.2, 0.25) is 0 Å². The lowest BCUT2D eigenvalue weighted by molar-refractivity contribution is 1.28. The lowest BCUT2D eigenvalue weighted by Crippen LogP contribution is -2.23. The summed E-state index contributed by atoms with van der Waals surface area (Å²) in [6.07, 6.45) is 0. The van der Waals surface area contributed by atoms with Gasteiger partial charge in [-0.05, 0) is 29.6 Å². The summed E-state index contributed by atoms with van der Waals surface area (Å²) >= 11 is 0. The molecule has 104 valence electrons. The molecule has 2 nitrogen and oxygen atoms in total. The maximum Gasteiger partial charge on any atom is 0.0613 e. The molecule has 0 radical (unpaired) electrons. The van der Waals surface area contributed by atoms with E-state index in [2.05, 4.69) is 70.9 Å². The second-order valence-electron chi connectivity index (χ2n) is 4.63. The highest BCUT2D eigenvalue weighted by Crippen LogP contribution is 2.27. The molecule has 0 saturated carbocycles. The Kier molecular flexibility index (Phi) is 4.50. The molecule has 3 aromatic carbocycles. The number of nitrogens with zero attached hydrogens (tertiary/aromatic N) is 1. The lowest BCUT2D eigenvalue weighted by Gasteiger charge is -2.26. The Hall–Kier alpha value is -2.31. The first kappa shape index (κ1) is 13.7. The van der Waals surface area contributed by atoms with Gasteiger partial charge in [0.1, 0.15) is 0 Å². The van der Waals surface area contributed by atoms with Crippen LogP contribution in [0.5, 0.6) is 0 Å². The van der Waals surface area contributed by atoms with Gasteiger partial charge >= 0.3 is 0 Å². The fraction of sp³-hybridized carbons (Fsp3) is 0. The Labute approximate surface area is 127 Å². The number of anilines is 2. The van der Waals surface area contributed by atoms with Gasteiger partial charge in [-0.1, -0.05) is 66.7 Å². The van der Waals surface area contributed by atoms with Crippen molar-refractivity contribution in [1.82, 2.24) is 0 Å². The van der Waals surface area contributed by atoms with Crippen LogP contribution in [0.3, 0.4) is 0 Å². The summed E-state index contributed by atoms with van der Waals surface area (Å²) < 4.78 is 2.19. The fourth-order valence-electron chi connectivity index (χ4n) is 2.02. The summed E-state index contributed by atoms with van der Waals surface area (Å²) in [7, 11) is 0.521. The van der Waals surface area contributed by atoms with Crippen molar-refractivity contribution in [3.05, 3.63) is 91.0 Å². The Balaban J connectivity index is 1.84. The molecule has 1 atom stereocenters. The predicted octanol–water partition coefficient (Wildman–Crippen LogP) is 4.44. The van der Waals surface area contributed by atoms with Gasteiger partial charge in [-0.3, -0.25) is 10.2 Å². The average molecular weight is 292 g/mol. The van der Waals surface area contributed by atoms with Crippen molar-refractivity contribution in [3.63, 3.8) is 0 Å². The van der Waals surface area contributed by atoms with E-state index in [1.807, 2.05) is 30.3 Å². The summed E-state index contributed by atoms with van der Waals surface area (Å²) in [5, 5.41) is 1.30. The van der Waals surface area contributed by atoms with Crippen molar-refractivity contribution < 1.29 is 0 Å². The molecule has 1 N–H and O–H groups in total. The minimum Gasteiger partial charge on any atom is -0.295 e. The molecular weight excluding hydrogens is 275 g/mol. The largest absolute Gasteiger partial charge is 0.295 e. The summed E-state index contributed by atoms with van der Waals surface area (Å²) in [5.74, 6) is 0. The standard InChI is InChI=1S/C18H17N2P/c1-4-10-16(11-5-1)19-20(17-12-6-2-7-13-17)21-18-14-8-3-9-15-18/h1-15,19,21H. The summed E-state index contributed by atoms with van der Waals surface area (Å²) in [5.41, 5.74) is 5.73. The SMILES string of the molecule is c1ccc(NN(Pc2ccccc2)c2ccccc2)cc1. The number of hydrogen-bond acceptors (Lipinski definition) is 2. The molecule has 0 heterocycles. The van der Waals surface area contributed by atoms with E-state index in [-0.39, 0.29) is 0 Å². The first-order chi connectivity index (χ1) is 10.4. The maximum atomic E-state index is 3.49. The van der Waals surface area contributed by atoms with Crippen LogP contribution in [0.15, 0.2) is 91.0 Å². The molecule has 1 unspecified atom stereocenters. The minimum absolute atomic E-state index is 0.521. The molecule has 3 heteroatoms. The number of rotatable bonds is 5. The Morgan fingerprint density at radius 2 is 1.14 bits per heavy atom. The zero-order chi connectivity index (χ0) is 14.3. The van der Waals surface area contributed by atoms with Crippen LogP contribution >= 0.6 is 8.73 Å². The monoisotopic (exact) mass is 292 g/mol. The topological polar surface area (TPSA) is 15.3 Å². The molecule has 0 aromatic heterocycles. The van der Waals surface area contributed by atoms with Gasteiger partial charge in [-0.25, -0.2) is 0 Å².